The lowest BCUT2D eigenvalue weighted by atomic mass is 9.84. The van der Waals surface area contributed by atoms with Gasteiger partial charge in [0.1, 0.15) is 6.04 Å². The van der Waals surface area contributed by atoms with Crippen LogP contribution in [0.3, 0.4) is 0 Å². The third-order valence-electron chi connectivity index (χ3n) is 6.43. The Bertz CT molecular complexity index is 1210. The number of esters is 2. The number of Topliss-reactive ketones (excluding diaryl/α,β-unsaturated/α-hetero) is 2. The van der Waals surface area contributed by atoms with Crippen molar-refractivity contribution in [3.63, 3.8) is 0 Å². The molecular formula is C22H26B2N4O8S2. The van der Waals surface area contributed by atoms with Gasteiger partial charge in [0.2, 0.25) is 11.6 Å². The highest BCUT2D eigenvalue weighted by Gasteiger charge is 2.36. The molecule has 16 heteroatoms. The molecule has 2 aromatic heterocycles. The molecule has 12 nitrogen and oxygen atoms in total. The Morgan fingerprint density at radius 3 is 2.08 bits per heavy atom. The van der Waals surface area contributed by atoms with Gasteiger partial charge in [-0.25, -0.2) is 9.97 Å². The van der Waals surface area contributed by atoms with Gasteiger partial charge in [0.15, 0.2) is 23.2 Å². The quantitative estimate of drug-likeness (QED) is 0.164. The van der Waals surface area contributed by atoms with Crippen LogP contribution in [0.1, 0.15) is 45.0 Å². The van der Waals surface area contributed by atoms with Gasteiger partial charge >= 0.3 is 19.0 Å². The van der Waals surface area contributed by atoms with E-state index in [2.05, 4.69) is 9.97 Å². The molecule has 0 spiro atoms. The summed E-state index contributed by atoms with van der Waals surface area (Å²) in [5, 5.41) is 10.6. The zero-order valence-electron chi connectivity index (χ0n) is 20.7. The number of hydrogen-bond donors (Lipinski definition) is 1. The lowest BCUT2D eigenvalue weighted by molar-refractivity contribution is -0.147. The monoisotopic (exact) mass is 560 g/mol. The van der Waals surface area contributed by atoms with Gasteiger partial charge in [-0.2, -0.15) is 0 Å². The molecule has 200 valence electrons. The molecule has 2 atom stereocenters. The van der Waals surface area contributed by atoms with Gasteiger partial charge in [-0.15, -0.1) is 22.7 Å². The van der Waals surface area contributed by atoms with E-state index in [1.165, 1.54) is 12.4 Å². The van der Waals surface area contributed by atoms with Crippen LogP contribution in [0, 0.1) is 0 Å². The molecular weight excluding hydrogens is 534 g/mol. The van der Waals surface area contributed by atoms with Crippen molar-refractivity contribution in [2.75, 3.05) is 26.3 Å². The predicted molar refractivity (Wildman–Crippen MR) is 141 cm³/mol. The summed E-state index contributed by atoms with van der Waals surface area (Å²) in [5.41, 5.74) is 0. The number of ether oxygens (including phenoxy) is 2. The molecule has 0 aromatic carbocycles. The van der Waals surface area contributed by atoms with E-state index in [1.54, 1.807) is 16.4 Å². The fraction of sp³-hybridized carbons (Fsp3) is 0.500. The van der Waals surface area contributed by atoms with Crippen molar-refractivity contribution in [1.29, 1.82) is 0 Å². The van der Waals surface area contributed by atoms with Gasteiger partial charge in [0.25, 0.3) is 7.41 Å². The molecule has 0 amide bonds. The molecule has 2 aliphatic heterocycles. The summed E-state index contributed by atoms with van der Waals surface area (Å²) in [7, 11) is -0.627. The van der Waals surface area contributed by atoms with Crippen LogP contribution < -0.4 is 0 Å². The molecule has 2 aromatic rings. The van der Waals surface area contributed by atoms with Gasteiger partial charge in [0.05, 0.1) is 22.0 Å². The first-order chi connectivity index (χ1) is 18.3. The first-order valence-electron chi connectivity index (χ1n) is 12.2. The van der Waals surface area contributed by atoms with E-state index in [9.17, 15) is 29.0 Å². The van der Waals surface area contributed by atoms with Crippen LogP contribution >= 0.6 is 22.7 Å². The number of carbonyl (C=O) groups is 5. The topological polar surface area (TPSA) is 156 Å². The molecule has 4 heterocycles. The van der Waals surface area contributed by atoms with Gasteiger partial charge in [-0.1, -0.05) is 0 Å². The summed E-state index contributed by atoms with van der Waals surface area (Å²) >= 11 is 2.13. The highest BCUT2D eigenvalue weighted by molar-refractivity contribution is 7.23. The highest BCUT2D eigenvalue weighted by atomic mass is 32.1. The van der Waals surface area contributed by atoms with Crippen molar-refractivity contribution >= 4 is 66.8 Å². The fourth-order valence-corrected chi connectivity index (χ4v) is 6.22. The SMILES string of the molecule is CB(O)N1CCC[C@H]1C(=O)OCC(=O)c1cnc(-c2ncc(C(=O)COC(=O)[C@@H]3CCCN3BC=O)s2)s1. The van der Waals surface area contributed by atoms with Crippen LogP contribution in [-0.4, -0.2) is 107 Å². The molecule has 0 saturated carbocycles. The lowest BCUT2D eigenvalue weighted by Gasteiger charge is -2.23. The molecule has 1 N–H and O–H groups in total. The summed E-state index contributed by atoms with van der Waals surface area (Å²) in [5.74, 6) is -1.91. The van der Waals surface area contributed by atoms with Gasteiger partial charge < -0.3 is 28.9 Å². The average Bonchev–Trinajstić information content (AvgIpc) is 3.71. The second kappa shape index (κ2) is 12.8. The minimum absolute atomic E-state index is 0.148. The molecule has 2 fully saturated rings. The summed E-state index contributed by atoms with van der Waals surface area (Å²) in [6.07, 6.45) is 6.15. The average molecular weight is 560 g/mol. The van der Waals surface area contributed by atoms with E-state index in [1.807, 2.05) is 0 Å². The van der Waals surface area contributed by atoms with E-state index < -0.39 is 55.9 Å². The second-order valence-electron chi connectivity index (χ2n) is 8.97. The molecule has 2 aliphatic rings. The van der Waals surface area contributed by atoms with Crippen LogP contribution in [0.5, 0.6) is 0 Å². The molecule has 0 unspecified atom stereocenters. The normalized spacial score (nSPS) is 19.7. The first-order valence-corrected chi connectivity index (χ1v) is 13.8. The number of carbonyl (C=O) groups excluding carboxylic acids is 5. The van der Waals surface area contributed by atoms with Crippen molar-refractivity contribution in [3.05, 3.63) is 22.1 Å². The summed E-state index contributed by atoms with van der Waals surface area (Å²) in [6.45, 7) is 1.92. The molecule has 0 aliphatic carbocycles. The highest BCUT2D eigenvalue weighted by Crippen LogP contribution is 2.30. The Hall–Kier alpha value is -2.78. The van der Waals surface area contributed by atoms with Crippen molar-refractivity contribution < 1.29 is 38.5 Å². The fourth-order valence-electron chi connectivity index (χ4n) is 4.51. The number of thiazole rings is 2. The van der Waals surface area contributed by atoms with Crippen molar-refractivity contribution in [2.24, 2.45) is 0 Å². The van der Waals surface area contributed by atoms with E-state index in [4.69, 9.17) is 9.47 Å². The molecule has 2 saturated heterocycles. The largest absolute Gasteiger partial charge is 0.456 e. The maximum absolute atomic E-state index is 12.5. The Morgan fingerprint density at radius 1 is 1.00 bits per heavy atom. The third kappa shape index (κ3) is 6.61. The number of nitrogens with zero attached hydrogens (tertiary/aromatic N) is 4. The van der Waals surface area contributed by atoms with E-state index in [0.29, 0.717) is 35.9 Å². The van der Waals surface area contributed by atoms with Crippen molar-refractivity contribution in [1.82, 2.24) is 19.6 Å². The predicted octanol–water partition coefficient (Wildman–Crippen LogP) is 0.299. The Balaban J connectivity index is 1.28. The van der Waals surface area contributed by atoms with Crippen LogP contribution in [0.15, 0.2) is 12.4 Å². The summed E-state index contributed by atoms with van der Waals surface area (Å²) < 4.78 is 10.4. The Kier molecular flexibility index (Phi) is 9.54. The molecule has 38 heavy (non-hydrogen) atoms. The minimum Gasteiger partial charge on any atom is -0.456 e. The zero-order valence-corrected chi connectivity index (χ0v) is 22.4. The smallest absolute Gasteiger partial charge is 0.377 e. The van der Waals surface area contributed by atoms with Gasteiger partial charge in [-0.05, 0) is 45.6 Å². The third-order valence-corrected chi connectivity index (χ3v) is 8.65. The zero-order chi connectivity index (χ0) is 27.2. The number of hydrogen-bond acceptors (Lipinski definition) is 14. The van der Waals surface area contributed by atoms with Crippen molar-refractivity contribution in [2.45, 2.75) is 44.6 Å². The van der Waals surface area contributed by atoms with E-state index >= 15 is 0 Å². The minimum atomic E-state index is -0.775. The maximum atomic E-state index is 12.5. The molecule has 0 radical (unpaired) electrons. The maximum Gasteiger partial charge on any atom is 0.377 e. The summed E-state index contributed by atoms with van der Waals surface area (Å²) in [6, 6.07) is -1.09. The first kappa shape index (κ1) is 28.2. The Morgan fingerprint density at radius 2 is 1.53 bits per heavy atom. The molecule has 4 rings (SSSR count). The Labute approximate surface area is 227 Å². The van der Waals surface area contributed by atoms with Gasteiger partial charge in [0, 0.05) is 12.4 Å². The lowest BCUT2D eigenvalue weighted by Crippen LogP contribution is -2.45. The number of ketones is 2. The van der Waals surface area contributed by atoms with Crippen LogP contribution in [0.2, 0.25) is 6.82 Å². The van der Waals surface area contributed by atoms with Crippen LogP contribution in [-0.2, 0) is 23.9 Å². The van der Waals surface area contributed by atoms with Crippen molar-refractivity contribution in [3.8, 4) is 10.0 Å². The van der Waals surface area contributed by atoms with Crippen LogP contribution in [0.4, 0.5) is 0 Å². The molecule has 0 bridgehead atoms. The van der Waals surface area contributed by atoms with E-state index in [-0.39, 0.29) is 17.2 Å². The standard InChI is InChI=1S/C22H26B2N4O8S2/c1-24(34)28-7-3-5-14(28)22(33)36-11-16(31)18-9-26-20(38-18)19-25-8-17(37-19)15(30)10-35-21(32)13-4-2-6-27(13)23-12-29/h8-9,12-14,23,34H,2-7,10-11H2,1H3/t13-,14-/m0/s1. The number of rotatable bonds is 12. The second-order valence-corrected chi connectivity index (χ2v) is 11.0. The number of aromatic nitrogens is 2. The van der Waals surface area contributed by atoms with Crippen LogP contribution in [0.25, 0.3) is 10.0 Å². The van der Waals surface area contributed by atoms with Gasteiger partial charge in [-0.3, -0.25) is 19.2 Å². The van der Waals surface area contributed by atoms with E-state index in [0.717, 1.165) is 41.7 Å². The summed E-state index contributed by atoms with van der Waals surface area (Å²) in [4.78, 5) is 72.9.